The Labute approximate surface area is 126 Å². The van der Waals surface area contributed by atoms with Crippen molar-refractivity contribution in [3.05, 3.63) is 0 Å². The summed E-state index contributed by atoms with van der Waals surface area (Å²) in [5.41, 5.74) is 0. The van der Waals surface area contributed by atoms with Gasteiger partial charge in [0.1, 0.15) is 5.92 Å². The Kier molecular flexibility index (Phi) is 5.45. The Morgan fingerprint density at radius 2 is 2.05 bits per heavy atom. The third-order valence-electron chi connectivity index (χ3n) is 4.70. The lowest BCUT2D eigenvalue weighted by Crippen LogP contribution is -2.55. The van der Waals surface area contributed by atoms with Gasteiger partial charge in [0.05, 0.1) is 19.3 Å². The lowest BCUT2D eigenvalue weighted by molar-refractivity contribution is -0.142. The van der Waals surface area contributed by atoms with Crippen LogP contribution in [0.25, 0.3) is 0 Å². The van der Waals surface area contributed by atoms with Gasteiger partial charge in [-0.3, -0.25) is 4.79 Å². The Morgan fingerprint density at radius 3 is 2.67 bits per heavy atom. The third-order valence-corrected chi connectivity index (χ3v) is 4.70. The Morgan fingerprint density at radius 1 is 1.29 bits per heavy atom. The van der Waals surface area contributed by atoms with Crippen molar-refractivity contribution in [2.75, 3.05) is 26.3 Å². The second-order valence-electron chi connectivity index (χ2n) is 5.87. The maximum Gasteiger partial charge on any atom is 0.320 e. The largest absolute Gasteiger partial charge is 0.481 e. The molecule has 0 spiro atoms. The molecule has 0 aromatic heterocycles. The molecule has 21 heavy (non-hydrogen) atoms. The van der Waals surface area contributed by atoms with Gasteiger partial charge in [0.25, 0.3) is 0 Å². The molecule has 0 radical (unpaired) electrons. The SMILES string of the molecule is CCC1CCCCN1C(=O)N(CC)C1COCC1C(=O)O. The minimum Gasteiger partial charge on any atom is -0.481 e. The van der Waals surface area contributed by atoms with Crippen LogP contribution >= 0.6 is 0 Å². The maximum absolute atomic E-state index is 12.9. The third kappa shape index (κ3) is 3.31. The Hall–Kier alpha value is -1.30. The van der Waals surface area contributed by atoms with Crippen molar-refractivity contribution in [2.24, 2.45) is 5.92 Å². The highest BCUT2D eigenvalue weighted by molar-refractivity contribution is 5.77. The fourth-order valence-corrected chi connectivity index (χ4v) is 3.44. The van der Waals surface area contributed by atoms with E-state index in [1.54, 1.807) is 4.90 Å². The first-order valence-electron chi connectivity index (χ1n) is 7.97. The van der Waals surface area contributed by atoms with E-state index in [0.717, 1.165) is 25.8 Å². The van der Waals surface area contributed by atoms with Gasteiger partial charge in [-0.2, -0.15) is 0 Å². The average Bonchev–Trinajstić information content (AvgIpc) is 2.97. The molecular weight excluding hydrogens is 272 g/mol. The second-order valence-corrected chi connectivity index (χ2v) is 5.87. The number of urea groups is 1. The molecule has 2 heterocycles. The van der Waals surface area contributed by atoms with Gasteiger partial charge in [-0.15, -0.1) is 0 Å². The van der Waals surface area contributed by atoms with E-state index in [0.29, 0.717) is 13.2 Å². The topological polar surface area (TPSA) is 70.1 Å². The molecule has 0 aliphatic carbocycles. The van der Waals surface area contributed by atoms with Crippen LogP contribution < -0.4 is 0 Å². The van der Waals surface area contributed by atoms with E-state index in [4.69, 9.17) is 4.74 Å². The van der Waals surface area contributed by atoms with Crippen LogP contribution in [-0.2, 0) is 9.53 Å². The number of ether oxygens (including phenoxy) is 1. The summed E-state index contributed by atoms with van der Waals surface area (Å²) in [4.78, 5) is 27.8. The van der Waals surface area contributed by atoms with E-state index in [1.807, 2.05) is 11.8 Å². The summed E-state index contributed by atoms with van der Waals surface area (Å²) in [6, 6.07) is -0.0869. The van der Waals surface area contributed by atoms with Crippen molar-refractivity contribution >= 4 is 12.0 Å². The molecule has 0 aromatic rings. The summed E-state index contributed by atoms with van der Waals surface area (Å²) in [6.07, 6.45) is 4.19. The number of rotatable bonds is 4. The predicted octanol–water partition coefficient (Wildman–Crippen LogP) is 1.79. The van der Waals surface area contributed by atoms with Crippen LogP contribution in [0.2, 0.25) is 0 Å². The highest BCUT2D eigenvalue weighted by Crippen LogP contribution is 2.25. The zero-order chi connectivity index (χ0) is 15.4. The first-order chi connectivity index (χ1) is 10.1. The van der Waals surface area contributed by atoms with Crippen LogP contribution in [0, 0.1) is 5.92 Å². The number of likely N-dealkylation sites (N-methyl/N-ethyl adjacent to an activating group) is 1. The lowest BCUT2D eigenvalue weighted by Gasteiger charge is -2.40. The van der Waals surface area contributed by atoms with Gasteiger partial charge in [0.15, 0.2) is 0 Å². The maximum atomic E-state index is 12.9. The number of likely N-dealkylation sites (tertiary alicyclic amines) is 1. The molecule has 3 unspecified atom stereocenters. The van der Waals surface area contributed by atoms with Crippen molar-refractivity contribution in [2.45, 2.75) is 51.6 Å². The van der Waals surface area contributed by atoms with Crippen molar-refractivity contribution in [3.8, 4) is 0 Å². The van der Waals surface area contributed by atoms with Crippen LogP contribution in [0.5, 0.6) is 0 Å². The second kappa shape index (κ2) is 7.11. The molecule has 1 N–H and O–H groups in total. The summed E-state index contributed by atoms with van der Waals surface area (Å²) >= 11 is 0. The zero-order valence-corrected chi connectivity index (χ0v) is 13.0. The van der Waals surface area contributed by atoms with Crippen LogP contribution in [0.4, 0.5) is 4.79 Å². The van der Waals surface area contributed by atoms with Gasteiger partial charge in [0.2, 0.25) is 0 Å². The van der Waals surface area contributed by atoms with Gasteiger partial charge in [-0.1, -0.05) is 6.92 Å². The van der Waals surface area contributed by atoms with E-state index in [-0.39, 0.29) is 24.7 Å². The van der Waals surface area contributed by atoms with Gasteiger partial charge in [-0.05, 0) is 32.6 Å². The monoisotopic (exact) mass is 298 g/mol. The van der Waals surface area contributed by atoms with E-state index in [9.17, 15) is 14.7 Å². The normalized spacial score (nSPS) is 29.4. The molecule has 3 atom stereocenters. The summed E-state index contributed by atoms with van der Waals surface area (Å²) in [5.74, 6) is -1.49. The molecule has 2 fully saturated rings. The first kappa shape index (κ1) is 16.1. The van der Waals surface area contributed by atoms with Gasteiger partial charge in [0, 0.05) is 19.1 Å². The molecule has 0 bridgehead atoms. The fraction of sp³-hybridized carbons (Fsp3) is 0.867. The number of piperidine rings is 1. The van der Waals surface area contributed by atoms with Crippen LogP contribution in [0.3, 0.4) is 0 Å². The van der Waals surface area contributed by atoms with Crippen LogP contribution in [0.15, 0.2) is 0 Å². The molecule has 2 amide bonds. The van der Waals surface area contributed by atoms with E-state index < -0.39 is 11.9 Å². The van der Waals surface area contributed by atoms with Gasteiger partial charge < -0.3 is 19.6 Å². The summed E-state index contributed by atoms with van der Waals surface area (Å²) < 4.78 is 5.31. The number of amides is 2. The van der Waals surface area contributed by atoms with Crippen LogP contribution in [-0.4, -0.2) is 65.3 Å². The van der Waals surface area contributed by atoms with Crippen LogP contribution in [0.1, 0.15) is 39.5 Å². The lowest BCUT2D eigenvalue weighted by atomic mass is 9.99. The number of carbonyl (C=O) groups is 2. The molecule has 2 rings (SSSR count). The number of hydrogen-bond donors (Lipinski definition) is 1. The molecule has 0 saturated carbocycles. The number of carboxylic acid groups (broad SMARTS) is 1. The minimum absolute atomic E-state index is 0.0224. The molecule has 6 nitrogen and oxygen atoms in total. The van der Waals surface area contributed by atoms with Crippen molar-refractivity contribution in [1.82, 2.24) is 9.80 Å². The van der Waals surface area contributed by atoms with Crippen molar-refractivity contribution < 1.29 is 19.4 Å². The van der Waals surface area contributed by atoms with Gasteiger partial charge in [-0.25, -0.2) is 4.79 Å². The van der Waals surface area contributed by atoms with Crippen molar-refractivity contribution in [3.63, 3.8) is 0 Å². The first-order valence-corrected chi connectivity index (χ1v) is 7.97. The summed E-state index contributed by atoms with van der Waals surface area (Å²) in [5, 5.41) is 9.29. The van der Waals surface area contributed by atoms with Crippen molar-refractivity contribution in [1.29, 1.82) is 0 Å². The Bertz CT molecular complexity index is 388. The van der Waals surface area contributed by atoms with E-state index >= 15 is 0 Å². The fourth-order valence-electron chi connectivity index (χ4n) is 3.44. The summed E-state index contributed by atoms with van der Waals surface area (Å²) in [6.45, 7) is 5.82. The molecule has 2 aliphatic rings. The number of nitrogens with zero attached hydrogens (tertiary/aromatic N) is 2. The smallest absolute Gasteiger partial charge is 0.320 e. The molecular formula is C15H26N2O4. The van der Waals surface area contributed by atoms with E-state index in [2.05, 4.69) is 6.92 Å². The molecule has 120 valence electrons. The number of carbonyl (C=O) groups excluding carboxylic acids is 1. The van der Waals surface area contributed by atoms with Gasteiger partial charge >= 0.3 is 12.0 Å². The standard InChI is InChI=1S/C15H26N2O4/c1-3-11-7-5-6-8-17(11)15(20)16(4-2)13-10-21-9-12(13)14(18)19/h11-13H,3-10H2,1-2H3,(H,18,19). The predicted molar refractivity (Wildman–Crippen MR) is 78.1 cm³/mol. The number of aliphatic carboxylic acids is 1. The Balaban J connectivity index is 2.12. The molecule has 2 saturated heterocycles. The average molecular weight is 298 g/mol. The summed E-state index contributed by atoms with van der Waals surface area (Å²) in [7, 11) is 0. The minimum atomic E-state index is -0.880. The quantitative estimate of drug-likeness (QED) is 0.859. The highest BCUT2D eigenvalue weighted by atomic mass is 16.5. The molecule has 0 aromatic carbocycles. The highest BCUT2D eigenvalue weighted by Gasteiger charge is 2.41. The molecule has 6 heteroatoms. The molecule has 2 aliphatic heterocycles. The number of hydrogen-bond acceptors (Lipinski definition) is 3. The number of carboxylic acids is 1. The van der Waals surface area contributed by atoms with E-state index in [1.165, 1.54) is 6.42 Å². The zero-order valence-electron chi connectivity index (χ0n) is 13.0.